The molecule has 1 unspecified atom stereocenters. The summed E-state index contributed by atoms with van der Waals surface area (Å²) in [6.45, 7) is 6.09. The fourth-order valence-corrected chi connectivity index (χ4v) is 6.49. The summed E-state index contributed by atoms with van der Waals surface area (Å²) in [5.74, 6) is 1.47. The molecular weight excluding hydrogens is 446 g/mol. The molecule has 2 N–H and O–H groups in total. The molecule has 0 radical (unpaired) electrons. The Morgan fingerprint density at radius 1 is 0.917 bits per heavy atom. The van der Waals surface area contributed by atoms with Gasteiger partial charge in [-0.05, 0) is 100 Å². The van der Waals surface area contributed by atoms with Gasteiger partial charge in [-0.3, -0.25) is 4.90 Å². The molecule has 1 heterocycles. The van der Waals surface area contributed by atoms with Crippen LogP contribution < -0.4 is 4.74 Å². The number of aromatic hydroxyl groups is 2. The number of hydrogen-bond acceptors (Lipinski definition) is 4. The summed E-state index contributed by atoms with van der Waals surface area (Å²) in [6, 6.07) is 20.0. The minimum atomic E-state index is -0.299. The van der Waals surface area contributed by atoms with E-state index in [0.29, 0.717) is 12.4 Å². The van der Waals surface area contributed by atoms with E-state index >= 15 is 0 Å². The van der Waals surface area contributed by atoms with Crippen molar-refractivity contribution in [2.24, 2.45) is 0 Å². The Bertz CT molecular complexity index is 1570. The number of nitrogens with zero attached hydrogens (tertiary/aromatic N) is 1. The molecule has 2 aliphatic carbocycles. The van der Waals surface area contributed by atoms with Crippen LogP contribution >= 0.6 is 0 Å². The molecular formula is C32H29NO3. The van der Waals surface area contributed by atoms with Gasteiger partial charge in [0, 0.05) is 30.6 Å². The van der Waals surface area contributed by atoms with Crippen LogP contribution in [0.2, 0.25) is 0 Å². The summed E-state index contributed by atoms with van der Waals surface area (Å²) >= 11 is 0. The first-order chi connectivity index (χ1) is 17.6. The SMILES string of the molecule is CC12c3c(O)ccc(c31)-c1cc3ccc(O)cc3c(-c3cccc(OCCCN4CC=CCC4)c3)c12. The molecule has 1 aliphatic heterocycles. The third-order valence-corrected chi connectivity index (χ3v) is 8.19. The van der Waals surface area contributed by atoms with Gasteiger partial charge in [-0.25, -0.2) is 0 Å². The molecule has 0 saturated heterocycles. The van der Waals surface area contributed by atoms with E-state index in [0.717, 1.165) is 65.7 Å². The highest BCUT2D eigenvalue weighted by Gasteiger charge is 2.58. The lowest BCUT2D eigenvalue weighted by Crippen LogP contribution is -2.29. The number of fused-ring (bicyclic) bond motifs is 5. The number of phenolic OH excluding ortho intramolecular Hbond substituents is 2. The largest absolute Gasteiger partial charge is 0.508 e. The van der Waals surface area contributed by atoms with Gasteiger partial charge in [0.15, 0.2) is 0 Å². The van der Waals surface area contributed by atoms with Gasteiger partial charge in [0.25, 0.3) is 0 Å². The van der Waals surface area contributed by atoms with Crippen LogP contribution in [-0.4, -0.2) is 41.4 Å². The number of benzene rings is 4. The van der Waals surface area contributed by atoms with E-state index in [-0.39, 0.29) is 11.2 Å². The number of ether oxygens (including phenoxy) is 1. The van der Waals surface area contributed by atoms with E-state index in [1.165, 1.54) is 22.3 Å². The monoisotopic (exact) mass is 475 g/mol. The zero-order valence-electron chi connectivity index (χ0n) is 20.4. The van der Waals surface area contributed by atoms with Gasteiger partial charge in [-0.2, -0.15) is 0 Å². The summed E-state index contributed by atoms with van der Waals surface area (Å²) in [6.07, 6.45) is 6.62. The third-order valence-electron chi connectivity index (χ3n) is 8.19. The normalized spacial score (nSPS) is 19.4. The second-order valence-electron chi connectivity index (χ2n) is 10.4. The fourth-order valence-electron chi connectivity index (χ4n) is 6.49. The van der Waals surface area contributed by atoms with E-state index in [2.05, 4.69) is 42.2 Å². The van der Waals surface area contributed by atoms with Crippen molar-refractivity contribution in [1.29, 1.82) is 0 Å². The molecule has 3 aliphatic rings. The van der Waals surface area contributed by atoms with E-state index in [1.54, 1.807) is 6.07 Å². The second-order valence-corrected chi connectivity index (χ2v) is 10.4. The van der Waals surface area contributed by atoms with Crippen LogP contribution in [0.3, 0.4) is 0 Å². The number of rotatable bonds is 6. The van der Waals surface area contributed by atoms with Crippen molar-refractivity contribution in [2.45, 2.75) is 25.2 Å². The molecule has 4 aromatic carbocycles. The van der Waals surface area contributed by atoms with Crippen LogP contribution in [0.25, 0.3) is 33.0 Å². The van der Waals surface area contributed by atoms with Crippen LogP contribution in [0.5, 0.6) is 17.2 Å². The first-order valence-electron chi connectivity index (χ1n) is 12.8. The molecule has 1 atom stereocenters. The molecule has 0 saturated carbocycles. The molecule has 0 aromatic heterocycles. The Kier molecular flexibility index (Phi) is 4.71. The molecule has 0 fully saturated rings. The van der Waals surface area contributed by atoms with E-state index in [9.17, 15) is 10.2 Å². The smallest absolute Gasteiger partial charge is 0.120 e. The molecule has 0 spiro atoms. The highest BCUT2D eigenvalue weighted by atomic mass is 16.5. The highest BCUT2D eigenvalue weighted by Crippen LogP contribution is 2.70. The van der Waals surface area contributed by atoms with Crippen molar-refractivity contribution in [3.05, 3.63) is 89.5 Å². The maximum atomic E-state index is 10.6. The van der Waals surface area contributed by atoms with Crippen molar-refractivity contribution in [3.63, 3.8) is 0 Å². The molecule has 4 heteroatoms. The molecule has 7 rings (SSSR count). The lowest BCUT2D eigenvalue weighted by molar-refractivity contribution is 0.247. The average Bonchev–Trinajstić information content (AvgIpc) is 3.45. The van der Waals surface area contributed by atoms with Crippen LogP contribution in [0.15, 0.2) is 72.8 Å². The number of phenols is 2. The van der Waals surface area contributed by atoms with E-state index in [1.807, 2.05) is 36.4 Å². The Morgan fingerprint density at radius 3 is 2.69 bits per heavy atom. The summed E-state index contributed by atoms with van der Waals surface area (Å²) in [4.78, 5) is 2.46. The number of hydrogen-bond donors (Lipinski definition) is 2. The van der Waals surface area contributed by atoms with Crippen molar-refractivity contribution < 1.29 is 14.9 Å². The Balaban J connectivity index is 1.27. The van der Waals surface area contributed by atoms with Gasteiger partial charge in [-0.15, -0.1) is 0 Å². The third kappa shape index (κ3) is 3.11. The average molecular weight is 476 g/mol. The standard InChI is InChI=1S/C32H29NO3/c1-32-29-26(24-11-12-27(35)31(32)30(24)32)18-20-9-10-22(34)19-25(20)28(29)21-7-5-8-23(17-21)36-16-6-15-33-13-3-2-4-14-33/h2-3,5,7-12,17-19,34-35H,4,6,13-16H2,1H3. The minimum Gasteiger partial charge on any atom is -0.508 e. The summed E-state index contributed by atoms with van der Waals surface area (Å²) in [5.41, 5.74) is 7.78. The van der Waals surface area contributed by atoms with Crippen molar-refractivity contribution in [3.8, 4) is 39.5 Å². The summed E-state index contributed by atoms with van der Waals surface area (Å²) < 4.78 is 6.20. The lowest BCUT2D eigenvalue weighted by atomic mass is 9.82. The molecule has 180 valence electrons. The minimum absolute atomic E-state index is 0.251. The van der Waals surface area contributed by atoms with Gasteiger partial charge in [0.05, 0.1) is 6.61 Å². The van der Waals surface area contributed by atoms with Crippen molar-refractivity contribution in [2.75, 3.05) is 26.2 Å². The zero-order valence-corrected chi connectivity index (χ0v) is 20.4. The summed E-state index contributed by atoms with van der Waals surface area (Å²) in [7, 11) is 0. The van der Waals surface area contributed by atoms with Crippen molar-refractivity contribution >= 4 is 10.8 Å². The van der Waals surface area contributed by atoms with Crippen LogP contribution in [-0.2, 0) is 5.41 Å². The Labute approximate surface area is 211 Å². The zero-order chi connectivity index (χ0) is 24.4. The Morgan fingerprint density at radius 2 is 1.83 bits per heavy atom. The lowest BCUT2D eigenvalue weighted by Gasteiger charge is -2.23. The molecule has 0 bridgehead atoms. The molecule has 4 nitrogen and oxygen atoms in total. The highest BCUT2D eigenvalue weighted by molar-refractivity contribution is 6.09. The van der Waals surface area contributed by atoms with E-state index < -0.39 is 0 Å². The van der Waals surface area contributed by atoms with Gasteiger partial charge in [0.2, 0.25) is 0 Å². The maximum absolute atomic E-state index is 10.6. The van der Waals surface area contributed by atoms with Crippen LogP contribution in [0.4, 0.5) is 0 Å². The van der Waals surface area contributed by atoms with Gasteiger partial charge < -0.3 is 14.9 Å². The fraction of sp³-hybridized carbons (Fsp3) is 0.250. The predicted molar refractivity (Wildman–Crippen MR) is 144 cm³/mol. The molecule has 36 heavy (non-hydrogen) atoms. The molecule has 4 aromatic rings. The summed E-state index contributed by atoms with van der Waals surface area (Å²) in [5, 5.41) is 23.1. The second kappa shape index (κ2) is 7.87. The Hall–Kier alpha value is -3.76. The topological polar surface area (TPSA) is 52.9 Å². The first-order valence-corrected chi connectivity index (χ1v) is 12.8. The van der Waals surface area contributed by atoms with Crippen molar-refractivity contribution in [1.82, 2.24) is 4.90 Å². The van der Waals surface area contributed by atoms with Crippen LogP contribution in [0.1, 0.15) is 36.5 Å². The maximum Gasteiger partial charge on any atom is 0.120 e. The van der Waals surface area contributed by atoms with Crippen LogP contribution in [0, 0.1) is 0 Å². The van der Waals surface area contributed by atoms with Gasteiger partial charge in [-0.1, -0.05) is 36.4 Å². The van der Waals surface area contributed by atoms with Gasteiger partial charge >= 0.3 is 0 Å². The predicted octanol–water partition coefficient (Wildman–Crippen LogP) is 6.60. The van der Waals surface area contributed by atoms with E-state index in [4.69, 9.17) is 4.74 Å². The molecule has 0 amide bonds. The first kappa shape index (κ1) is 21.5. The van der Waals surface area contributed by atoms with Gasteiger partial charge in [0.1, 0.15) is 17.2 Å². The quantitative estimate of drug-likeness (QED) is 0.244.